The molecule has 0 amide bonds. The van der Waals surface area contributed by atoms with E-state index in [-0.39, 0.29) is 11.3 Å². The molecule has 0 radical (unpaired) electrons. The highest BCUT2D eigenvalue weighted by Crippen LogP contribution is 2.26. The van der Waals surface area contributed by atoms with Crippen molar-refractivity contribution in [3.8, 4) is 11.5 Å². The lowest BCUT2D eigenvalue weighted by atomic mass is 10.2. The molecule has 0 saturated carbocycles. The summed E-state index contributed by atoms with van der Waals surface area (Å²) in [4.78, 5) is 18.6. The van der Waals surface area contributed by atoms with Crippen molar-refractivity contribution in [3.05, 3.63) is 48.3 Å². The van der Waals surface area contributed by atoms with E-state index in [0.29, 0.717) is 5.75 Å². The topological polar surface area (TPSA) is 52.1 Å². The van der Waals surface area contributed by atoms with Crippen LogP contribution in [0.15, 0.2) is 36.9 Å². The van der Waals surface area contributed by atoms with Crippen LogP contribution >= 0.6 is 11.6 Å². The zero-order chi connectivity index (χ0) is 12.3. The Bertz CT molecular complexity index is 548. The van der Waals surface area contributed by atoms with Crippen LogP contribution in [0.1, 0.15) is 10.4 Å². The van der Waals surface area contributed by atoms with Gasteiger partial charge in [-0.2, -0.15) is 0 Å². The first-order chi connectivity index (χ1) is 8.16. The molecule has 0 saturated heterocycles. The average molecular weight is 253 g/mol. The lowest BCUT2D eigenvalue weighted by molar-refractivity contribution is 0.107. The van der Waals surface area contributed by atoms with Gasteiger partial charge >= 0.3 is 0 Å². The van der Waals surface area contributed by atoms with Gasteiger partial charge in [0, 0.05) is 0 Å². The van der Waals surface area contributed by atoms with Crippen LogP contribution in [0.2, 0.25) is 0 Å². The maximum atomic E-state index is 13.0. The Morgan fingerprint density at radius 1 is 1.29 bits per heavy atom. The van der Waals surface area contributed by atoms with Crippen molar-refractivity contribution in [3.63, 3.8) is 0 Å². The van der Waals surface area contributed by atoms with E-state index in [2.05, 4.69) is 9.97 Å². The van der Waals surface area contributed by atoms with E-state index in [0.717, 1.165) is 6.07 Å². The Kier molecular flexibility index (Phi) is 3.30. The van der Waals surface area contributed by atoms with Crippen molar-refractivity contribution in [2.24, 2.45) is 0 Å². The number of hydrogen-bond donors (Lipinski definition) is 0. The van der Waals surface area contributed by atoms with Crippen molar-refractivity contribution in [1.82, 2.24) is 9.97 Å². The standard InChI is InChI=1S/C11H6ClFN2O2/c12-11(16)9-3-7(13)1-2-10(9)17-8-4-14-6-15-5-8/h1-6H. The van der Waals surface area contributed by atoms with Gasteiger partial charge in [0.05, 0.1) is 18.0 Å². The second-order valence-electron chi connectivity index (χ2n) is 3.09. The van der Waals surface area contributed by atoms with Crippen LogP contribution in [0.25, 0.3) is 0 Å². The van der Waals surface area contributed by atoms with E-state index < -0.39 is 11.1 Å². The lowest BCUT2D eigenvalue weighted by Gasteiger charge is -2.07. The number of benzene rings is 1. The summed E-state index contributed by atoms with van der Waals surface area (Å²) in [6.45, 7) is 0. The van der Waals surface area contributed by atoms with Crippen molar-refractivity contribution in [1.29, 1.82) is 0 Å². The summed E-state index contributed by atoms with van der Waals surface area (Å²) < 4.78 is 18.3. The van der Waals surface area contributed by atoms with Crippen LogP contribution in [0.5, 0.6) is 11.5 Å². The third kappa shape index (κ3) is 2.76. The van der Waals surface area contributed by atoms with E-state index in [1.165, 1.54) is 30.9 Å². The zero-order valence-corrected chi connectivity index (χ0v) is 9.19. The molecule has 6 heteroatoms. The van der Waals surface area contributed by atoms with Crippen LogP contribution in [-0.2, 0) is 0 Å². The SMILES string of the molecule is O=C(Cl)c1cc(F)ccc1Oc1cncnc1. The fourth-order valence-electron chi connectivity index (χ4n) is 1.21. The monoisotopic (exact) mass is 252 g/mol. The van der Waals surface area contributed by atoms with Gasteiger partial charge in [0.25, 0.3) is 5.24 Å². The fraction of sp³-hybridized carbons (Fsp3) is 0. The van der Waals surface area contributed by atoms with Gasteiger partial charge < -0.3 is 4.74 Å². The summed E-state index contributed by atoms with van der Waals surface area (Å²) in [5, 5.41) is -0.795. The second-order valence-corrected chi connectivity index (χ2v) is 3.43. The Morgan fingerprint density at radius 2 is 2.00 bits per heavy atom. The summed E-state index contributed by atoms with van der Waals surface area (Å²) in [6, 6.07) is 3.49. The molecule has 86 valence electrons. The van der Waals surface area contributed by atoms with Gasteiger partial charge in [-0.15, -0.1) is 0 Å². The molecule has 0 aliphatic carbocycles. The normalized spacial score (nSPS) is 10.0. The number of carbonyl (C=O) groups excluding carboxylic acids is 1. The molecule has 0 aliphatic rings. The largest absolute Gasteiger partial charge is 0.453 e. The smallest absolute Gasteiger partial charge is 0.256 e. The van der Waals surface area contributed by atoms with Gasteiger partial charge in [-0.05, 0) is 29.8 Å². The minimum absolute atomic E-state index is 0.0458. The van der Waals surface area contributed by atoms with Gasteiger partial charge in [-0.1, -0.05) is 0 Å². The molecule has 0 N–H and O–H groups in total. The molecule has 0 bridgehead atoms. The number of nitrogens with zero attached hydrogens (tertiary/aromatic N) is 2. The van der Waals surface area contributed by atoms with Crippen LogP contribution in [0, 0.1) is 5.82 Å². The van der Waals surface area contributed by atoms with Crippen molar-refractivity contribution < 1.29 is 13.9 Å². The predicted octanol–water partition coefficient (Wildman–Crippen LogP) is 2.79. The maximum absolute atomic E-state index is 13.0. The Morgan fingerprint density at radius 3 is 2.65 bits per heavy atom. The fourth-order valence-corrected chi connectivity index (χ4v) is 1.36. The first kappa shape index (κ1) is 11.5. The van der Waals surface area contributed by atoms with E-state index in [1.54, 1.807) is 0 Å². The molecule has 0 unspecified atom stereocenters. The van der Waals surface area contributed by atoms with Gasteiger partial charge in [0.2, 0.25) is 0 Å². The number of halogens is 2. The molecule has 4 nitrogen and oxygen atoms in total. The van der Waals surface area contributed by atoms with E-state index in [9.17, 15) is 9.18 Å². The minimum Gasteiger partial charge on any atom is -0.453 e. The Labute approximate surface area is 101 Å². The molecule has 0 atom stereocenters. The second kappa shape index (κ2) is 4.88. The number of ether oxygens (including phenoxy) is 1. The number of carbonyl (C=O) groups is 1. The van der Waals surface area contributed by atoms with Crippen LogP contribution in [0.4, 0.5) is 4.39 Å². The molecule has 2 rings (SSSR count). The highest BCUT2D eigenvalue weighted by Gasteiger charge is 2.12. The molecule has 0 fully saturated rings. The first-order valence-electron chi connectivity index (χ1n) is 4.59. The average Bonchev–Trinajstić information content (AvgIpc) is 2.32. The quantitative estimate of drug-likeness (QED) is 0.788. The number of aromatic nitrogens is 2. The molecule has 0 aliphatic heterocycles. The minimum atomic E-state index is -0.795. The first-order valence-corrected chi connectivity index (χ1v) is 4.97. The van der Waals surface area contributed by atoms with Gasteiger partial charge in [0.1, 0.15) is 17.9 Å². The summed E-state index contributed by atoms with van der Waals surface area (Å²) in [5.41, 5.74) is -0.0458. The lowest BCUT2D eigenvalue weighted by Crippen LogP contribution is -1.96. The van der Waals surface area contributed by atoms with Gasteiger partial charge in [-0.25, -0.2) is 14.4 Å². The molecule has 0 spiro atoms. The third-order valence-corrected chi connectivity index (χ3v) is 2.12. The Balaban J connectivity index is 2.36. The van der Waals surface area contributed by atoms with E-state index >= 15 is 0 Å². The summed E-state index contributed by atoms with van der Waals surface area (Å²) >= 11 is 5.33. The molecular formula is C11H6ClFN2O2. The third-order valence-electron chi connectivity index (χ3n) is 1.92. The maximum Gasteiger partial charge on any atom is 0.256 e. The molecule has 1 heterocycles. The number of hydrogen-bond acceptors (Lipinski definition) is 4. The van der Waals surface area contributed by atoms with Crippen molar-refractivity contribution in [2.45, 2.75) is 0 Å². The number of rotatable bonds is 3. The zero-order valence-electron chi connectivity index (χ0n) is 8.43. The molecule has 1 aromatic heterocycles. The van der Waals surface area contributed by atoms with E-state index in [4.69, 9.17) is 16.3 Å². The summed E-state index contributed by atoms with van der Waals surface area (Å²) in [5.74, 6) is -0.0786. The van der Waals surface area contributed by atoms with Crippen molar-refractivity contribution >= 4 is 16.8 Å². The van der Waals surface area contributed by atoms with Gasteiger partial charge in [-0.3, -0.25) is 4.79 Å². The molecular weight excluding hydrogens is 247 g/mol. The molecule has 17 heavy (non-hydrogen) atoms. The predicted molar refractivity (Wildman–Crippen MR) is 58.7 cm³/mol. The summed E-state index contributed by atoms with van der Waals surface area (Å²) in [7, 11) is 0. The molecule has 2 aromatic rings. The van der Waals surface area contributed by atoms with Crippen LogP contribution in [-0.4, -0.2) is 15.2 Å². The van der Waals surface area contributed by atoms with Crippen LogP contribution in [0.3, 0.4) is 0 Å². The highest BCUT2D eigenvalue weighted by atomic mass is 35.5. The van der Waals surface area contributed by atoms with Gasteiger partial charge in [0.15, 0.2) is 5.75 Å². The molecule has 1 aromatic carbocycles. The van der Waals surface area contributed by atoms with Crippen molar-refractivity contribution in [2.75, 3.05) is 0 Å². The summed E-state index contributed by atoms with van der Waals surface area (Å²) in [6.07, 6.45) is 4.17. The van der Waals surface area contributed by atoms with E-state index in [1.807, 2.05) is 0 Å². The highest BCUT2D eigenvalue weighted by molar-refractivity contribution is 6.68. The Hall–Kier alpha value is -2.01. The van der Waals surface area contributed by atoms with Crippen LogP contribution < -0.4 is 4.74 Å².